The van der Waals surface area contributed by atoms with E-state index in [9.17, 15) is 4.79 Å². The van der Waals surface area contributed by atoms with Gasteiger partial charge in [0.2, 0.25) is 0 Å². The summed E-state index contributed by atoms with van der Waals surface area (Å²) in [5.74, 6) is 4.53. The molecular formula is C31H32N4O3. The molecule has 38 heavy (non-hydrogen) atoms. The van der Waals surface area contributed by atoms with Crippen LogP contribution in [0, 0.1) is 19.3 Å². The van der Waals surface area contributed by atoms with Crippen LogP contribution in [0.5, 0.6) is 11.5 Å². The largest absolute Gasteiger partial charge is 0.496 e. The van der Waals surface area contributed by atoms with Gasteiger partial charge in [-0.15, -0.1) is 6.42 Å². The SMILES string of the molecule is C#CCOc1cc(N(C)C)ccc1C=Nn1c(-c2cc(C(C)C)c(OC)cc2C)nc2ccccc2c1=O. The van der Waals surface area contributed by atoms with Crippen molar-refractivity contribution in [1.29, 1.82) is 0 Å². The van der Waals surface area contributed by atoms with E-state index in [0.717, 1.165) is 28.1 Å². The molecule has 0 aliphatic heterocycles. The minimum atomic E-state index is -0.265. The highest BCUT2D eigenvalue weighted by Crippen LogP contribution is 2.34. The van der Waals surface area contributed by atoms with E-state index >= 15 is 0 Å². The lowest BCUT2D eigenvalue weighted by molar-refractivity contribution is 0.370. The third-order valence-electron chi connectivity index (χ3n) is 6.33. The molecule has 0 fully saturated rings. The van der Waals surface area contributed by atoms with Crippen molar-refractivity contribution in [3.63, 3.8) is 0 Å². The number of aryl methyl sites for hydroxylation is 1. The minimum Gasteiger partial charge on any atom is -0.496 e. The Bertz CT molecular complexity index is 1610. The molecule has 1 heterocycles. The van der Waals surface area contributed by atoms with E-state index in [1.165, 1.54) is 4.68 Å². The lowest BCUT2D eigenvalue weighted by Gasteiger charge is -2.17. The minimum absolute atomic E-state index is 0.115. The van der Waals surface area contributed by atoms with Crippen molar-refractivity contribution in [3.8, 4) is 35.2 Å². The Morgan fingerprint density at radius 3 is 2.58 bits per heavy atom. The van der Waals surface area contributed by atoms with Crippen LogP contribution in [0.2, 0.25) is 0 Å². The van der Waals surface area contributed by atoms with Crippen molar-refractivity contribution in [2.75, 3.05) is 32.7 Å². The van der Waals surface area contributed by atoms with Gasteiger partial charge in [-0.25, -0.2) is 4.98 Å². The monoisotopic (exact) mass is 508 g/mol. The first-order valence-electron chi connectivity index (χ1n) is 12.4. The van der Waals surface area contributed by atoms with E-state index in [-0.39, 0.29) is 18.1 Å². The molecule has 1 aromatic heterocycles. The lowest BCUT2D eigenvalue weighted by atomic mass is 9.96. The smallest absolute Gasteiger partial charge is 0.282 e. The fourth-order valence-electron chi connectivity index (χ4n) is 4.24. The molecule has 0 N–H and O–H groups in total. The molecule has 0 atom stereocenters. The van der Waals surface area contributed by atoms with E-state index in [2.05, 4.69) is 24.9 Å². The number of aromatic nitrogens is 2. The van der Waals surface area contributed by atoms with Gasteiger partial charge in [0.1, 0.15) is 18.1 Å². The molecule has 194 valence electrons. The van der Waals surface area contributed by atoms with Crippen molar-refractivity contribution in [2.45, 2.75) is 26.7 Å². The maximum absolute atomic E-state index is 13.7. The van der Waals surface area contributed by atoms with Gasteiger partial charge < -0.3 is 14.4 Å². The number of para-hydroxylation sites is 1. The first kappa shape index (κ1) is 26.5. The maximum atomic E-state index is 13.7. The fourth-order valence-corrected chi connectivity index (χ4v) is 4.24. The average molecular weight is 509 g/mol. The molecule has 3 aromatic carbocycles. The Labute approximate surface area is 223 Å². The summed E-state index contributed by atoms with van der Waals surface area (Å²) in [6.07, 6.45) is 7.04. The van der Waals surface area contributed by atoms with Crippen LogP contribution in [0.3, 0.4) is 0 Å². The number of rotatable bonds is 8. The van der Waals surface area contributed by atoms with Gasteiger partial charge in [-0.1, -0.05) is 31.9 Å². The summed E-state index contributed by atoms with van der Waals surface area (Å²) in [5.41, 5.74) is 4.73. The molecule has 0 radical (unpaired) electrons. The van der Waals surface area contributed by atoms with Crippen molar-refractivity contribution in [2.24, 2.45) is 5.10 Å². The maximum Gasteiger partial charge on any atom is 0.282 e. The highest BCUT2D eigenvalue weighted by atomic mass is 16.5. The van der Waals surface area contributed by atoms with Gasteiger partial charge in [0.05, 0.1) is 24.2 Å². The number of terminal acetylenes is 1. The summed E-state index contributed by atoms with van der Waals surface area (Å²) in [7, 11) is 5.56. The number of fused-ring (bicyclic) bond motifs is 1. The Balaban J connectivity index is 1.95. The van der Waals surface area contributed by atoms with Gasteiger partial charge in [-0.3, -0.25) is 4.79 Å². The number of anilines is 1. The first-order chi connectivity index (χ1) is 18.2. The van der Waals surface area contributed by atoms with Crippen LogP contribution in [0.25, 0.3) is 22.3 Å². The van der Waals surface area contributed by atoms with E-state index in [0.29, 0.717) is 28.0 Å². The second kappa shape index (κ2) is 11.2. The van der Waals surface area contributed by atoms with Gasteiger partial charge in [-0.2, -0.15) is 9.78 Å². The predicted octanol–water partition coefficient (Wildman–Crippen LogP) is 5.46. The van der Waals surface area contributed by atoms with Gasteiger partial charge in [-0.05, 0) is 60.4 Å². The van der Waals surface area contributed by atoms with Gasteiger partial charge in [0, 0.05) is 37.0 Å². The number of hydrogen-bond donors (Lipinski definition) is 0. The average Bonchev–Trinajstić information content (AvgIpc) is 2.91. The second-order valence-corrected chi connectivity index (χ2v) is 9.49. The van der Waals surface area contributed by atoms with Crippen molar-refractivity contribution >= 4 is 22.8 Å². The van der Waals surface area contributed by atoms with Crippen molar-refractivity contribution in [1.82, 2.24) is 9.66 Å². The second-order valence-electron chi connectivity index (χ2n) is 9.49. The van der Waals surface area contributed by atoms with E-state index in [4.69, 9.17) is 20.9 Å². The number of nitrogens with zero attached hydrogens (tertiary/aromatic N) is 4. The van der Waals surface area contributed by atoms with Crippen LogP contribution in [0.1, 0.15) is 36.5 Å². The van der Waals surface area contributed by atoms with Crippen molar-refractivity contribution in [3.05, 3.63) is 81.6 Å². The van der Waals surface area contributed by atoms with E-state index in [1.54, 1.807) is 19.4 Å². The Morgan fingerprint density at radius 1 is 1.13 bits per heavy atom. The molecule has 0 aliphatic rings. The van der Waals surface area contributed by atoms with Gasteiger partial charge >= 0.3 is 0 Å². The summed E-state index contributed by atoms with van der Waals surface area (Å²) in [6, 6.07) is 17.0. The summed E-state index contributed by atoms with van der Waals surface area (Å²) >= 11 is 0. The summed E-state index contributed by atoms with van der Waals surface area (Å²) in [6.45, 7) is 6.29. The third-order valence-corrected chi connectivity index (χ3v) is 6.33. The van der Waals surface area contributed by atoms with Crippen LogP contribution in [-0.2, 0) is 0 Å². The van der Waals surface area contributed by atoms with Crippen LogP contribution in [0.15, 0.2) is 64.5 Å². The van der Waals surface area contributed by atoms with Crippen LogP contribution >= 0.6 is 0 Å². The van der Waals surface area contributed by atoms with Gasteiger partial charge in [0.25, 0.3) is 5.56 Å². The number of methoxy groups -OCH3 is 1. The third kappa shape index (κ3) is 5.25. The van der Waals surface area contributed by atoms with E-state index in [1.807, 2.05) is 74.4 Å². The quantitative estimate of drug-likeness (QED) is 0.233. The highest BCUT2D eigenvalue weighted by Gasteiger charge is 2.18. The number of ether oxygens (including phenoxy) is 2. The van der Waals surface area contributed by atoms with Crippen LogP contribution in [-0.4, -0.2) is 43.7 Å². The zero-order chi connectivity index (χ0) is 27.4. The Morgan fingerprint density at radius 2 is 1.89 bits per heavy atom. The number of benzene rings is 3. The first-order valence-corrected chi connectivity index (χ1v) is 12.4. The molecule has 0 unspecified atom stereocenters. The summed E-state index contributed by atoms with van der Waals surface area (Å²) in [5, 5.41) is 5.13. The van der Waals surface area contributed by atoms with E-state index < -0.39 is 0 Å². The number of hydrogen-bond acceptors (Lipinski definition) is 6. The molecule has 0 saturated carbocycles. The normalized spacial score (nSPS) is 11.2. The molecule has 0 saturated heterocycles. The van der Waals surface area contributed by atoms with Crippen molar-refractivity contribution < 1.29 is 9.47 Å². The molecule has 4 aromatic rings. The molecule has 0 spiro atoms. The molecule has 0 aliphatic carbocycles. The topological polar surface area (TPSA) is 68.9 Å². The molecule has 0 bridgehead atoms. The summed E-state index contributed by atoms with van der Waals surface area (Å²) in [4.78, 5) is 20.6. The molecule has 7 heteroatoms. The fraction of sp³-hybridized carbons (Fsp3) is 0.258. The summed E-state index contributed by atoms with van der Waals surface area (Å²) < 4.78 is 12.8. The molecule has 7 nitrogen and oxygen atoms in total. The Kier molecular flexibility index (Phi) is 7.82. The molecule has 4 rings (SSSR count). The lowest BCUT2D eigenvalue weighted by Crippen LogP contribution is -2.21. The predicted molar refractivity (Wildman–Crippen MR) is 155 cm³/mol. The highest BCUT2D eigenvalue weighted by molar-refractivity contribution is 5.85. The van der Waals surface area contributed by atoms with Crippen LogP contribution in [0.4, 0.5) is 5.69 Å². The van der Waals surface area contributed by atoms with Crippen LogP contribution < -0.4 is 19.9 Å². The van der Waals surface area contributed by atoms with Gasteiger partial charge in [0.15, 0.2) is 5.82 Å². The molecule has 0 amide bonds. The zero-order valence-electron chi connectivity index (χ0n) is 22.6. The zero-order valence-corrected chi connectivity index (χ0v) is 22.6. The Hall–Kier alpha value is -4.57. The molecular weight excluding hydrogens is 476 g/mol. The standard InChI is InChI=1S/C31H32N4O3/c1-8-15-38-28-17-23(34(5)6)14-13-22(28)19-32-35-30(33-27-12-10-9-11-24(27)31(35)36)26-18-25(20(2)3)29(37-7)16-21(26)4/h1,9-14,16-20H,15H2,2-7H3.